The molecule has 1 N–H and O–H groups in total. The Kier molecular flexibility index (Phi) is 8.10. The Labute approximate surface area is 138 Å². The highest BCUT2D eigenvalue weighted by molar-refractivity contribution is 7.98. The molecule has 0 saturated heterocycles. The van der Waals surface area contributed by atoms with E-state index in [-0.39, 0.29) is 6.61 Å². The quantitative estimate of drug-likeness (QED) is 0.547. The second kappa shape index (κ2) is 9.83. The van der Waals surface area contributed by atoms with Crippen molar-refractivity contribution in [1.82, 2.24) is 5.32 Å². The number of hydrogen-bond donors (Lipinski definition) is 1. The van der Waals surface area contributed by atoms with Crippen molar-refractivity contribution in [1.29, 1.82) is 0 Å². The van der Waals surface area contributed by atoms with Crippen molar-refractivity contribution in [3.05, 3.63) is 46.0 Å². The number of ether oxygens (including phenoxy) is 1. The summed E-state index contributed by atoms with van der Waals surface area (Å²) in [7, 11) is 0. The molecular weight excluding hydrogens is 320 g/mol. The van der Waals surface area contributed by atoms with Gasteiger partial charge in [-0.1, -0.05) is 30.3 Å². The molecule has 23 heavy (non-hydrogen) atoms. The van der Waals surface area contributed by atoms with E-state index in [9.17, 15) is 19.7 Å². The monoisotopic (exact) mass is 340 g/mol. The highest BCUT2D eigenvalue weighted by atomic mass is 32.2. The second-order valence-electron chi connectivity index (χ2n) is 4.90. The maximum absolute atomic E-state index is 12.1. The lowest BCUT2D eigenvalue weighted by Gasteiger charge is -2.17. The van der Waals surface area contributed by atoms with Gasteiger partial charge >= 0.3 is 6.09 Å². The van der Waals surface area contributed by atoms with Crippen molar-refractivity contribution in [2.45, 2.75) is 32.0 Å². The van der Waals surface area contributed by atoms with E-state index in [1.165, 1.54) is 18.7 Å². The van der Waals surface area contributed by atoms with E-state index in [0.717, 1.165) is 5.56 Å². The van der Waals surface area contributed by atoms with Gasteiger partial charge in [-0.15, -0.1) is 0 Å². The lowest BCUT2D eigenvalue weighted by molar-refractivity contribution is -0.503. The van der Waals surface area contributed by atoms with E-state index in [1.54, 1.807) is 12.1 Å². The summed E-state index contributed by atoms with van der Waals surface area (Å²) in [6.45, 7) is 1.28. The van der Waals surface area contributed by atoms with Crippen molar-refractivity contribution in [2.24, 2.45) is 0 Å². The molecule has 0 radical (unpaired) electrons. The number of hydrogen-bond acceptors (Lipinski definition) is 6. The largest absolute Gasteiger partial charge is 0.445 e. The van der Waals surface area contributed by atoms with Crippen LogP contribution in [0.2, 0.25) is 0 Å². The van der Waals surface area contributed by atoms with Gasteiger partial charge in [0.05, 0.1) is 6.04 Å². The first-order valence-corrected chi connectivity index (χ1v) is 8.48. The van der Waals surface area contributed by atoms with Crippen LogP contribution >= 0.6 is 11.8 Å². The van der Waals surface area contributed by atoms with Crippen LogP contribution in [0.25, 0.3) is 0 Å². The molecule has 7 nitrogen and oxygen atoms in total. The minimum Gasteiger partial charge on any atom is -0.445 e. The Morgan fingerprint density at radius 3 is 2.57 bits per heavy atom. The van der Waals surface area contributed by atoms with E-state index in [2.05, 4.69) is 5.32 Å². The van der Waals surface area contributed by atoms with Crippen LogP contribution < -0.4 is 5.32 Å². The van der Waals surface area contributed by atoms with Crippen LogP contribution in [0.1, 0.15) is 18.9 Å². The number of ketones is 1. The first-order valence-electron chi connectivity index (χ1n) is 7.09. The zero-order valence-corrected chi connectivity index (χ0v) is 13.9. The van der Waals surface area contributed by atoms with Gasteiger partial charge in [0.15, 0.2) is 0 Å². The molecule has 8 heteroatoms. The van der Waals surface area contributed by atoms with E-state index in [1.807, 2.05) is 24.5 Å². The highest BCUT2D eigenvalue weighted by Gasteiger charge is 2.32. The third-order valence-electron chi connectivity index (χ3n) is 3.19. The number of carbonyl (C=O) groups excluding carboxylic acids is 2. The standard InChI is InChI=1S/C15H20N2O5S/c1-11(17(20)21)14(18)13(8-9-23-2)16-15(19)22-10-12-6-4-3-5-7-12/h3-7,11,13H,8-10H2,1-2H3,(H,16,19). The highest BCUT2D eigenvalue weighted by Crippen LogP contribution is 2.07. The molecular formula is C15H20N2O5S. The molecule has 0 heterocycles. The Morgan fingerprint density at radius 2 is 2.00 bits per heavy atom. The molecule has 0 aliphatic carbocycles. The van der Waals surface area contributed by atoms with Crippen LogP contribution in [0, 0.1) is 10.1 Å². The van der Waals surface area contributed by atoms with E-state index >= 15 is 0 Å². The predicted octanol–water partition coefficient (Wildman–Crippen LogP) is 2.27. The smallest absolute Gasteiger partial charge is 0.408 e. The topological polar surface area (TPSA) is 98.5 Å². The van der Waals surface area contributed by atoms with E-state index < -0.39 is 28.9 Å². The van der Waals surface area contributed by atoms with Crippen molar-refractivity contribution in [3.63, 3.8) is 0 Å². The van der Waals surface area contributed by atoms with Gasteiger partial charge in [0.2, 0.25) is 5.78 Å². The SMILES string of the molecule is CSCCC(NC(=O)OCc1ccccc1)C(=O)C(C)[N+](=O)[O-]. The Hall–Kier alpha value is -2.09. The van der Waals surface area contributed by atoms with Crippen molar-refractivity contribution < 1.29 is 19.2 Å². The number of Topliss-reactive ketones (excluding diaryl/α,β-unsaturated/α-hetero) is 1. The number of nitrogens with one attached hydrogen (secondary N) is 1. The average Bonchev–Trinajstić information content (AvgIpc) is 2.56. The normalized spacial score (nSPS) is 13.0. The number of thioether (sulfide) groups is 1. The van der Waals surface area contributed by atoms with Crippen LogP contribution in [0.5, 0.6) is 0 Å². The van der Waals surface area contributed by atoms with Gasteiger partial charge in [0, 0.05) is 11.8 Å². The summed E-state index contributed by atoms with van der Waals surface area (Å²) >= 11 is 1.49. The number of rotatable bonds is 9. The van der Waals surface area contributed by atoms with Gasteiger partial charge in [-0.2, -0.15) is 11.8 Å². The summed E-state index contributed by atoms with van der Waals surface area (Å²) in [5.41, 5.74) is 0.813. The van der Waals surface area contributed by atoms with Crippen molar-refractivity contribution in [2.75, 3.05) is 12.0 Å². The summed E-state index contributed by atoms with van der Waals surface area (Å²) in [4.78, 5) is 34.0. The third kappa shape index (κ3) is 6.68. The number of nitrogens with zero attached hydrogens (tertiary/aromatic N) is 1. The van der Waals surface area contributed by atoms with Gasteiger partial charge < -0.3 is 10.1 Å². The van der Waals surface area contributed by atoms with Crippen LogP contribution in [0.4, 0.5) is 4.79 Å². The molecule has 1 rings (SSSR count). The molecule has 2 unspecified atom stereocenters. The third-order valence-corrected chi connectivity index (χ3v) is 3.83. The summed E-state index contributed by atoms with van der Waals surface area (Å²) in [6.07, 6.45) is 1.41. The van der Waals surface area contributed by atoms with Gasteiger partial charge in [0.25, 0.3) is 6.04 Å². The van der Waals surface area contributed by atoms with Gasteiger partial charge in [-0.25, -0.2) is 4.79 Å². The molecule has 0 aromatic heterocycles. The first kappa shape index (κ1) is 19.0. The maximum Gasteiger partial charge on any atom is 0.408 e. The lowest BCUT2D eigenvalue weighted by atomic mass is 10.1. The van der Waals surface area contributed by atoms with Crippen LogP contribution in [0.3, 0.4) is 0 Å². The number of carbonyl (C=O) groups is 2. The minimum atomic E-state index is -1.36. The minimum absolute atomic E-state index is 0.0703. The van der Waals surface area contributed by atoms with Gasteiger partial charge in [-0.3, -0.25) is 14.9 Å². The van der Waals surface area contributed by atoms with Gasteiger partial charge in [0.1, 0.15) is 6.61 Å². The fraction of sp³-hybridized carbons (Fsp3) is 0.467. The van der Waals surface area contributed by atoms with Crippen molar-refractivity contribution in [3.8, 4) is 0 Å². The Balaban J connectivity index is 2.59. The molecule has 1 aromatic carbocycles. The fourth-order valence-electron chi connectivity index (χ4n) is 1.82. The first-order chi connectivity index (χ1) is 11.0. The fourth-order valence-corrected chi connectivity index (χ4v) is 2.29. The van der Waals surface area contributed by atoms with E-state index in [0.29, 0.717) is 12.2 Å². The van der Waals surface area contributed by atoms with Gasteiger partial charge in [-0.05, 0) is 24.0 Å². The van der Waals surface area contributed by atoms with Crippen molar-refractivity contribution >= 4 is 23.6 Å². The Morgan fingerprint density at radius 1 is 1.35 bits per heavy atom. The van der Waals surface area contributed by atoms with E-state index in [4.69, 9.17) is 4.74 Å². The molecule has 1 amide bonds. The molecule has 126 valence electrons. The average molecular weight is 340 g/mol. The number of alkyl carbamates (subject to hydrolysis) is 1. The predicted molar refractivity (Wildman–Crippen MR) is 88.0 cm³/mol. The molecule has 0 aliphatic rings. The second-order valence-corrected chi connectivity index (χ2v) is 5.89. The molecule has 0 spiro atoms. The molecule has 0 aliphatic heterocycles. The maximum atomic E-state index is 12.1. The molecule has 0 bridgehead atoms. The zero-order valence-electron chi connectivity index (χ0n) is 13.1. The summed E-state index contributed by atoms with van der Waals surface area (Å²) in [5.74, 6) is -0.0273. The van der Waals surface area contributed by atoms with Crippen LogP contribution in [-0.2, 0) is 16.1 Å². The molecule has 1 aromatic rings. The molecule has 0 fully saturated rings. The summed E-state index contributed by atoms with van der Waals surface area (Å²) in [6, 6.07) is 6.80. The summed E-state index contributed by atoms with van der Waals surface area (Å²) < 4.78 is 5.05. The number of amides is 1. The number of benzene rings is 1. The summed E-state index contributed by atoms with van der Waals surface area (Å²) in [5, 5.41) is 13.2. The number of nitro groups is 1. The van der Waals surface area contributed by atoms with Crippen LogP contribution in [0.15, 0.2) is 30.3 Å². The van der Waals surface area contributed by atoms with Crippen LogP contribution in [-0.4, -0.2) is 40.9 Å². The Bertz CT molecular complexity index is 538. The molecule has 2 atom stereocenters. The zero-order chi connectivity index (χ0) is 17.2. The molecule has 0 saturated carbocycles. The lowest BCUT2D eigenvalue weighted by Crippen LogP contribution is -2.47.